The van der Waals surface area contributed by atoms with Gasteiger partial charge in [-0.15, -0.1) is 11.3 Å². The molecule has 2 fully saturated rings. The van der Waals surface area contributed by atoms with E-state index in [0.29, 0.717) is 30.0 Å². The molecule has 4 heterocycles. The maximum absolute atomic E-state index is 12.2. The van der Waals surface area contributed by atoms with Crippen molar-refractivity contribution < 1.29 is 9.53 Å². The summed E-state index contributed by atoms with van der Waals surface area (Å²) < 4.78 is 5.98. The molecule has 1 amide bonds. The van der Waals surface area contributed by atoms with E-state index in [0.717, 1.165) is 26.2 Å². The van der Waals surface area contributed by atoms with Gasteiger partial charge < -0.3 is 10.1 Å². The number of aromatic nitrogens is 1. The average Bonchev–Trinajstić information content (AvgIpc) is 3.32. The fourth-order valence-electron chi connectivity index (χ4n) is 3.67. The Kier molecular flexibility index (Phi) is 4.60. The summed E-state index contributed by atoms with van der Waals surface area (Å²) in [5.74, 6) is 0.881. The van der Waals surface area contributed by atoms with Gasteiger partial charge in [0.05, 0.1) is 12.7 Å². The summed E-state index contributed by atoms with van der Waals surface area (Å²) in [5.41, 5.74) is 0.659. The van der Waals surface area contributed by atoms with Crippen molar-refractivity contribution in [2.75, 3.05) is 26.2 Å². The van der Waals surface area contributed by atoms with Crippen LogP contribution in [0.25, 0.3) is 0 Å². The minimum atomic E-state index is -0.0331. The molecule has 6 heteroatoms. The van der Waals surface area contributed by atoms with Crippen molar-refractivity contribution in [2.24, 2.45) is 11.8 Å². The maximum atomic E-state index is 12.2. The lowest BCUT2D eigenvalue weighted by Crippen LogP contribution is -2.34. The smallest absolute Gasteiger partial charge is 0.251 e. The number of hydrogen-bond acceptors (Lipinski definition) is 5. The second kappa shape index (κ2) is 7.01. The molecule has 2 aliphatic rings. The third-order valence-corrected chi connectivity index (χ3v) is 5.80. The van der Waals surface area contributed by atoms with Gasteiger partial charge in [-0.3, -0.25) is 14.7 Å². The zero-order valence-corrected chi connectivity index (χ0v) is 14.2. The highest BCUT2D eigenvalue weighted by atomic mass is 32.1. The first-order chi connectivity index (χ1) is 11.8. The van der Waals surface area contributed by atoms with Gasteiger partial charge in [-0.05, 0) is 23.6 Å². The number of thiophene rings is 1. The Bertz CT molecular complexity index is 677. The summed E-state index contributed by atoms with van der Waals surface area (Å²) in [6.45, 7) is 4.48. The molecule has 2 aromatic rings. The van der Waals surface area contributed by atoms with E-state index in [1.165, 1.54) is 4.88 Å². The molecule has 0 saturated carbocycles. The Balaban J connectivity index is 1.30. The monoisotopic (exact) mass is 343 g/mol. The molecule has 5 nitrogen and oxygen atoms in total. The lowest BCUT2D eigenvalue weighted by atomic mass is 9.93. The summed E-state index contributed by atoms with van der Waals surface area (Å²) in [4.78, 5) is 20.0. The largest absolute Gasteiger partial charge is 0.376 e. The van der Waals surface area contributed by atoms with Gasteiger partial charge in [0.25, 0.3) is 5.91 Å². The van der Waals surface area contributed by atoms with Crippen LogP contribution in [0.15, 0.2) is 42.0 Å². The van der Waals surface area contributed by atoms with Crippen molar-refractivity contribution in [1.29, 1.82) is 0 Å². The molecule has 2 aliphatic heterocycles. The molecule has 24 heavy (non-hydrogen) atoms. The number of carbonyl (C=O) groups excluding carboxylic acids is 1. The lowest BCUT2D eigenvalue weighted by Gasteiger charge is -2.19. The molecule has 2 saturated heterocycles. The molecule has 0 radical (unpaired) electrons. The van der Waals surface area contributed by atoms with E-state index in [1.54, 1.807) is 35.9 Å². The van der Waals surface area contributed by atoms with Crippen LogP contribution in [-0.4, -0.2) is 48.1 Å². The Morgan fingerprint density at radius 1 is 1.33 bits per heavy atom. The minimum Gasteiger partial charge on any atom is -0.376 e. The number of carbonyl (C=O) groups is 1. The predicted molar refractivity (Wildman–Crippen MR) is 92.9 cm³/mol. The summed E-state index contributed by atoms with van der Waals surface area (Å²) in [6, 6.07) is 7.76. The number of nitrogens with zero attached hydrogens (tertiary/aromatic N) is 2. The Hall–Kier alpha value is -1.76. The Morgan fingerprint density at radius 2 is 2.21 bits per heavy atom. The number of rotatable bonds is 5. The van der Waals surface area contributed by atoms with Crippen molar-refractivity contribution in [2.45, 2.75) is 12.6 Å². The van der Waals surface area contributed by atoms with Crippen molar-refractivity contribution in [3.05, 3.63) is 52.5 Å². The van der Waals surface area contributed by atoms with Crippen molar-refractivity contribution >= 4 is 17.2 Å². The van der Waals surface area contributed by atoms with E-state index in [9.17, 15) is 4.79 Å². The first-order valence-electron chi connectivity index (χ1n) is 8.34. The highest BCUT2D eigenvalue weighted by molar-refractivity contribution is 7.09. The predicted octanol–water partition coefficient (Wildman–Crippen LogP) is 2.02. The lowest BCUT2D eigenvalue weighted by molar-refractivity contribution is 0.0904. The molecule has 126 valence electrons. The molecule has 1 N–H and O–H groups in total. The van der Waals surface area contributed by atoms with E-state index in [-0.39, 0.29) is 5.91 Å². The zero-order valence-electron chi connectivity index (χ0n) is 13.4. The van der Waals surface area contributed by atoms with Gasteiger partial charge >= 0.3 is 0 Å². The van der Waals surface area contributed by atoms with Crippen molar-refractivity contribution in [3.8, 4) is 0 Å². The van der Waals surface area contributed by atoms with Crippen LogP contribution < -0.4 is 5.32 Å². The number of hydrogen-bond donors (Lipinski definition) is 1. The van der Waals surface area contributed by atoms with Crippen LogP contribution in [-0.2, 0) is 11.3 Å². The summed E-state index contributed by atoms with van der Waals surface area (Å²) in [5, 5.41) is 5.18. The highest BCUT2D eigenvalue weighted by Crippen LogP contribution is 2.34. The van der Waals surface area contributed by atoms with Gasteiger partial charge in [0.1, 0.15) is 0 Å². The number of likely N-dealkylation sites (tertiary alicyclic amines) is 1. The number of fused-ring (bicyclic) bond motifs is 1. The van der Waals surface area contributed by atoms with Crippen molar-refractivity contribution in [3.63, 3.8) is 0 Å². The second-order valence-corrected chi connectivity index (χ2v) is 7.55. The van der Waals surface area contributed by atoms with Crippen LogP contribution in [0.5, 0.6) is 0 Å². The third kappa shape index (κ3) is 3.36. The molecule has 0 unspecified atom stereocenters. The molecule has 0 spiro atoms. The summed E-state index contributed by atoms with van der Waals surface area (Å²) in [7, 11) is 0. The molecule has 2 aromatic heterocycles. The Morgan fingerprint density at radius 3 is 3.00 bits per heavy atom. The maximum Gasteiger partial charge on any atom is 0.251 e. The first kappa shape index (κ1) is 15.7. The second-order valence-electron chi connectivity index (χ2n) is 6.52. The van der Waals surface area contributed by atoms with Gasteiger partial charge in [0, 0.05) is 60.8 Å². The van der Waals surface area contributed by atoms with Crippen LogP contribution in [0.1, 0.15) is 15.2 Å². The molecule has 0 aromatic carbocycles. The molecule has 4 rings (SSSR count). The quantitative estimate of drug-likeness (QED) is 0.902. The van der Waals surface area contributed by atoms with E-state index >= 15 is 0 Å². The average molecular weight is 343 g/mol. The number of nitrogens with one attached hydrogen (secondary N) is 1. The van der Waals surface area contributed by atoms with Crippen LogP contribution in [0.2, 0.25) is 0 Å². The van der Waals surface area contributed by atoms with Gasteiger partial charge in [-0.2, -0.15) is 0 Å². The SMILES string of the molecule is O=C(NC[C@@H]1CO[C@@H]2CN(Cc3cccs3)C[C@H]12)c1ccncc1. The van der Waals surface area contributed by atoms with Crippen LogP contribution in [0.3, 0.4) is 0 Å². The van der Waals surface area contributed by atoms with Crippen LogP contribution in [0, 0.1) is 11.8 Å². The highest BCUT2D eigenvalue weighted by Gasteiger charge is 2.43. The third-order valence-electron chi connectivity index (χ3n) is 4.94. The summed E-state index contributed by atoms with van der Waals surface area (Å²) in [6.07, 6.45) is 3.60. The molecular formula is C18H21N3O2S. The Labute approximate surface area is 145 Å². The van der Waals surface area contributed by atoms with Crippen LogP contribution in [0.4, 0.5) is 0 Å². The van der Waals surface area contributed by atoms with Gasteiger partial charge in [0.15, 0.2) is 0 Å². The minimum absolute atomic E-state index is 0.0331. The van der Waals surface area contributed by atoms with Crippen LogP contribution >= 0.6 is 11.3 Å². The van der Waals surface area contributed by atoms with Gasteiger partial charge in [-0.1, -0.05) is 6.07 Å². The van der Waals surface area contributed by atoms with Gasteiger partial charge in [-0.25, -0.2) is 0 Å². The normalized spacial score (nSPS) is 26.4. The van der Waals surface area contributed by atoms with E-state index in [4.69, 9.17) is 4.74 Å². The van der Waals surface area contributed by atoms with Crippen molar-refractivity contribution in [1.82, 2.24) is 15.2 Å². The number of ether oxygens (including phenoxy) is 1. The topological polar surface area (TPSA) is 54.5 Å². The standard InChI is InChI=1S/C18H21N3O2S/c22-18(13-3-5-19-6-4-13)20-8-14-12-23-17-11-21(10-16(14)17)9-15-2-1-7-24-15/h1-7,14,16-17H,8-12H2,(H,20,22)/t14-,16-,17-/m1/s1. The molecule has 0 bridgehead atoms. The molecular weight excluding hydrogens is 322 g/mol. The van der Waals surface area contributed by atoms with E-state index < -0.39 is 0 Å². The first-order valence-corrected chi connectivity index (χ1v) is 9.22. The van der Waals surface area contributed by atoms with E-state index in [1.807, 2.05) is 0 Å². The number of pyridine rings is 1. The molecule has 0 aliphatic carbocycles. The van der Waals surface area contributed by atoms with Gasteiger partial charge in [0.2, 0.25) is 0 Å². The fourth-order valence-corrected chi connectivity index (χ4v) is 4.42. The molecule has 3 atom stereocenters. The summed E-state index contributed by atoms with van der Waals surface area (Å²) >= 11 is 1.81. The number of amides is 1. The zero-order chi connectivity index (χ0) is 16.4. The van der Waals surface area contributed by atoms with E-state index in [2.05, 4.69) is 32.7 Å². The fraction of sp³-hybridized carbons (Fsp3) is 0.444.